The maximum Gasteiger partial charge on any atom is 0.225 e. The first-order chi connectivity index (χ1) is 9.72. The van der Waals surface area contributed by atoms with Gasteiger partial charge in [-0.2, -0.15) is 4.98 Å². The van der Waals surface area contributed by atoms with Gasteiger partial charge in [0.2, 0.25) is 5.95 Å². The summed E-state index contributed by atoms with van der Waals surface area (Å²) in [5.41, 5.74) is 6.88. The Morgan fingerprint density at radius 3 is 3.05 bits per heavy atom. The van der Waals surface area contributed by atoms with E-state index < -0.39 is 0 Å². The molecule has 1 unspecified atom stereocenters. The summed E-state index contributed by atoms with van der Waals surface area (Å²) in [5.74, 6) is 1.83. The maximum absolute atomic E-state index is 5.99. The standard InChI is InChI=1S/C15H21N5/c1-20-8-4-5-11(10-20)9-17-15-18-13-7-3-2-6-12(13)14(16)19-15/h2-3,6-7,11H,4-5,8-10H2,1H3,(H3,16,17,18,19). The molecule has 1 atom stereocenters. The van der Waals surface area contributed by atoms with E-state index >= 15 is 0 Å². The molecule has 2 heterocycles. The summed E-state index contributed by atoms with van der Waals surface area (Å²) >= 11 is 0. The third kappa shape index (κ3) is 2.82. The van der Waals surface area contributed by atoms with Gasteiger partial charge in [0.1, 0.15) is 5.82 Å². The Hall–Kier alpha value is -1.88. The third-order valence-electron chi connectivity index (χ3n) is 3.90. The molecular weight excluding hydrogens is 250 g/mol. The molecule has 1 aliphatic heterocycles. The van der Waals surface area contributed by atoms with Crippen LogP contribution < -0.4 is 11.1 Å². The lowest BCUT2D eigenvalue weighted by molar-refractivity contribution is 0.217. The largest absolute Gasteiger partial charge is 0.383 e. The fraction of sp³-hybridized carbons (Fsp3) is 0.467. The summed E-state index contributed by atoms with van der Waals surface area (Å²) in [6.45, 7) is 3.24. The second kappa shape index (κ2) is 5.63. The van der Waals surface area contributed by atoms with Crippen molar-refractivity contribution >= 4 is 22.7 Å². The Morgan fingerprint density at radius 2 is 2.20 bits per heavy atom. The van der Waals surface area contributed by atoms with Crippen molar-refractivity contribution in [3.05, 3.63) is 24.3 Å². The Morgan fingerprint density at radius 1 is 1.35 bits per heavy atom. The van der Waals surface area contributed by atoms with Gasteiger partial charge in [0.15, 0.2) is 0 Å². The van der Waals surface area contributed by atoms with E-state index in [-0.39, 0.29) is 0 Å². The van der Waals surface area contributed by atoms with E-state index in [0.29, 0.717) is 17.7 Å². The molecule has 3 N–H and O–H groups in total. The molecule has 1 aromatic carbocycles. The quantitative estimate of drug-likeness (QED) is 0.893. The highest BCUT2D eigenvalue weighted by Crippen LogP contribution is 2.20. The van der Waals surface area contributed by atoms with Gasteiger partial charge in [0.25, 0.3) is 0 Å². The minimum Gasteiger partial charge on any atom is -0.383 e. The van der Waals surface area contributed by atoms with Gasteiger partial charge in [-0.15, -0.1) is 0 Å². The zero-order valence-electron chi connectivity index (χ0n) is 11.8. The van der Waals surface area contributed by atoms with E-state index in [1.807, 2.05) is 24.3 Å². The van der Waals surface area contributed by atoms with Crippen LogP contribution in [-0.4, -0.2) is 41.5 Å². The van der Waals surface area contributed by atoms with Crippen LogP contribution in [0, 0.1) is 5.92 Å². The van der Waals surface area contributed by atoms with Crippen molar-refractivity contribution in [1.29, 1.82) is 0 Å². The van der Waals surface area contributed by atoms with Crippen LogP contribution in [-0.2, 0) is 0 Å². The number of piperidine rings is 1. The summed E-state index contributed by atoms with van der Waals surface area (Å²) in [4.78, 5) is 11.3. The molecule has 1 fully saturated rings. The molecular formula is C15H21N5. The summed E-state index contributed by atoms with van der Waals surface area (Å²) in [5, 5.41) is 4.25. The molecule has 20 heavy (non-hydrogen) atoms. The van der Waals surface area contributed by atoms with Crippen molar-refractivity contribution in [2.75, 3.05) is 37.7 Å². The molecule has 0 saturated carbocycles. The van der Waals surface area contributed by atoms with E-state index in [4.69, 9.17) is 5.73 Å². The van der Waals surface area contributed by atoms with Gasteiger partial charge in [0.05, 0.1) is 5.52 Å². The van der Waals surface area contributed by atoms with Gasteiger partial charge >= 0.3 is 0 Å². The molecule has 106 valence electrons. The van der Waals surface area contributed by atoms with Crippen molar-refractivity contribution in [3.63, 3.8) is 0 Å². The molecule has 0 amide bonds. The average Bonchev–Trinajstić information content (AvgIpc) is 2.45. The highest BCUT2D eigenvalue weighted by Gasteiger charge is 2.17. The van der Waals surface area contributed by atoms with Crippen molar-refractivity contribution < 1.29 is 0 Å². The van der Waals surface area contributed by atoms with Crippen LogP contribution in [0.3, 0.4) is 0 Å². The third-order valence-corrected chi connectivity index (χ3v) is 3.90. The van der Waals surface area contributed by atoms with E-state index in [1.54, 1.807) is 0 Å². The van der Waals surface area contributed by atoms with Gasteiger partial charge in [-0.25, -0.2) is 4.98 Å². The second-order valence-corrected chi connectivity index (χ2v) is 5.60. The first kappa shape index (κ1) is 13.1. The highest BCUT2D eigenvalue weighted by atomic mass is 15.1. The summed E-state index contributed by atoms with van der Waals surface area (Å²) in [6, 6.07) is 7.83. The number of likely N-dealkylation sites (tertiary alicyclic amines) is 1. The van der Waals surface area contributed by atoms with Gasteiger partial charge in [0, 0.05) is 18.5 Å². The van der Waals surface area contributed by atoms with Crippen LogP contribution >= 0.6 is 0 Å². The van der Waals surface area contributed by atoms with Crippen LogP contribution in [0.15, 0.2) is 24.3 Å². The number of para-hydroxylation sites is 1. The number of nitrogens with one attached hydrogen (secondary N) is 1. The van der Waals surface area contributed by atoms with Crippen LogP contribution in [0.2, 0.25) is 0 Å². The normalized spacial score (nSPS) is 20.1. The number of hydrogen-bond donors (Lipinski definition) is 2. The number of aromatic nitrogens is 2. The molecule has 3 rings (SSSR count). The van der Waals surface area contributed by atoms with E-state index in [2.05, 4.69) is 27.2 Å². The topological polar surface area (TPSA) is 67.1 Å². The fourth-order valence-electron chi connectivity index (χ4n) is 2.86. The van der Waals surface area contributed by atoms with Gasteiger partial charge in [-0.05, 0) is 44.5 Å². The average molecular weight is 271 g/mol. The second-order valence-electron chi connectivity index (χ2n) is 5.60. The Labute approximate surface area is 119 Å². The molecule has 5 heteroatoms. The lowest BCUT2D eigenvalue weighted by atomic mass is 9.99. The molecule has 0 aliphatic carbocycles. The summed E-state index contributed by atoms with van der Waals surface area (Å²) < 4.78 is 0. The van der Waals surface area contributed by atoms with Crippen molar-refractivity contribution in [1.82, 2.24) is 14.9 Å². The Kier molecular flexibility index (Phi) is 3.69. The maximum atomic E-state index is 5.99. The van der Waals surface area contributed by atoms with E-state index in [1.165, 1.54) is 19.4 Å². The minimum atomic E-state index is 0.541. The molecule has 1 saturated heterocycles. The Bertz CT molecular complexity index is 598. The molecule has 0 spiro atoms. The predicted molar refractivity (Wildman–Crippen MR) is 82.7 cm³/mol. The monoisotopic (exact) mass is 271 g/mol. The molecule has 5 nitrogen and oxygen atoms in total. The van der Waals surface area contributed by atoms with Crippen molar-refractivity contribution in [2.45, 2.75) is 12.8 Å². The molecule has 0 bridgehead atoms. The van der Waals surface area contributed by atoms with E-state index in [0.717, 1.165) is 24.0 Å². The molecule has 2 aromatic rings. The number of nitrogen functional groups attached to an aromatic ring is 1. The summed E-state index contributed by atoms with van der Waals surface area (Å²) in [7, 11) is 2.18. The van der Waals surface area contributed by atoms with Gasteiger partial charge in [-0.1, -0.05) is 12.1 Å². The molecule has 1 aliphatic rings. The number of anilines is 2. The Balaban J connectivity index is 1.71. The SMILES string of the molecule is CN1CCCC(CNc2nc(N)c3ccccc3n2)C1. The number of nitrogens with two attached hydrogens (primary N) is 1. The van der Waals surface area contributed by atoms with Gasteiger partial charge in [-0.3, -0.25) is 0 Å². The zero-order chi connectivity index (χ0) is 13.9. The summed E-state index contributed by atoms with van der Waals surface area (Å²) in [6.07, 6.45) is 2.53. The van der Waals surface area contributed by atoms with Crippen LogP contribution in [0.4, 0.5) is 11.8 Å². The van der Waals surface area contributed by atoms with Crippen LogP contribution in [0.1, 0.15) is 12.8 Å². The fourth-order valence-corrected chi connectivity index (χ4v) is 2.86. The lowest BCUT2D eigenvalue weighted by Crippen LogP contribution is -2.35. The first-order valence-corrected chi connectivity index (χ1v) is 7.17. The number of fused-ring (bicyclic) bond motifs is 1. The number of hydrogen-bond acceptors (Lipinski definition) is 5. The lowest BCUT2D eigenvalue weighted by Gasteiger charge is -2.29. The first-order valence-electron chi connectivity index (χ1n) is 7.17. The molecule has 0 radical (unpaired) electrons. The number of benzene rings is 1. The van der Waals surface area contributed by atoms with Crippen molar-refractivity contribution in [2.24, 2.45) is 5.92 Å². The molecule has 1 aromatic heterocycles. The van der Waals surface area contributed by atoms with E-state index in [9.17, 15) is 0 Å². The number of rotatable bonds is 3. The smallest absolute Gasteiger partial charge is 0.225 e. The number of nitrogens with zero attached hydrogens (tertiary/aromatic N) is 3. The highest BCUT2D eigenvalue weighted by molar-refractivity contribution is 5.88. The van der Waals surface area contributed by atoms with Crippen LogP contribution in [0.5, 0.6) is 0 Å². The minimum absolute atomic E-state index is 0.541. The zero-order valence-corrected chi connectivity index (χ0v) is 11.8. The predicted octanol–water partition coefficient (Wildman–Crippen LogP) is 1.97. The van der Waals surface area contributed by atoms with Crippen molar-refractivity contribution in [3.8, 4) is 0 Å². The van der Waals surface area contributed by atoms with Crippen LogP contribution in [0.25, 0.3) is 10.9 Å². The van der Waals surface area contributed by atoms with Gasteiger partial charge < -0.3 is 16.0 Å².